The van der Waals surface area contributed by atoms with Gasteiger partial charge in [0.1, 0.15) is 6.54 Å². The lowest BCUT2D eigenvalue weighted by Crippen LogP contribution is -2.50. The summed E-state index contributed by atoms with van der Waals surface area (Å²) in [6.45, 7) is 5.12. The first-order chi connectivity index (χ1) is 14.1. The van der Waals surface area contributed by atoms with Crippen LogP contribution < -0.4 is 10.5 Å². The number of nitrogens with zero attached hydrogens (tertiary/aromatic N) is 5. The molecule has 1 aliphatic heterocycles. The first-order valence-electron chi connectivity index (χ1n) is 10.3. The molecular weight excluding hydrogens is 366 g/mol. The number of carbonyl (C=O) groups is 1. The highest BCUT2D eigenvalue weighted by molar-refractivity contribution is 5.76. The van der Waals surface area contributed by atoms with E-state index in [2.05, 4.69) is 27.9 Å². The van der Waals surface area contributed by atoms with E-state index in [0.29, 0.717) is 19.0 Å². The zero-order valence-electron chi connectivity index (χ0n) is 16.8. The largest absolute Gasteiger partial charge is 0.367 e. The summed E-state index contributed by atoms with van der Waals surface area (Å²) in [5, 5.41) is 0. The van der Waals surface area contributed by atoms with E-state index in [4.69, 9.17) is 0 Å². The van der Waals surface area contributed by atoms with Crippen molar-refractivity contribution in [2.45, 2.75) is 32.7 Å². The topological polar surface area (TPSA) is 71.3 Å². The smallest absolute Gasteiger partial charge is 0.269 e. The normalized spacial score (nSPS) is 19.8. The Hall–Kier alpha value is -2.96. The molecule has 1 atom stereocenters. The van der Waals surface area contributed by atoms with Crippen molar-refractivity contribution >= 4 is 17.2 Å². The Morgan fingerprint density at radius 1 is 1.21 bits per heavy atom. The third-order valence-corrected chi connectivity index (χ3v) is 5.83. The summed E-state index contributed by atoms with van der Waals surface area (Å²) in [5.41, 5.74) is 2.82. The molecule has 0 N–H and O–H groups in total. The van der Waals surface area contributed by atoms with E-state index < -0.39 is 0 Å². The number of anilines is 1. The van der Waals surface area contributed by atoms with Crippen LogP contribution in [0.25, 0.3) is 5.57 Å². The molecule has 152 valence electrons. The standard InChI is InChI=1S/C22H27N5O2/c1-17-4-6-18(7-5-17)20-15-27(21(28)14-24-20)16-22(29)26-11-9-25(10-12-26)19-3-2-8-23-13-19/h2-3,6,8,13-15,17H,4-5,7,9-12,16H2,1H3. The quantitative estimate of drug-likeness (QED) is 0.796. The molecule has 0 radical (unpaired) electrons. The van der Waals surface area contributed by atoms with Gasteiger partial charge in [-0.3, -0.25) is 14.6 Å². The number of amides is 1. The van der Waals surface area contributed by atoms with Crippen LogP contribution in [0.4, 0.5) is 5.69 Å². The van der Waals surface area contributed by atoms with Gasteiger partial charge in [0.15, 0.2) is 0 Å². The van der Waals surface area contributed by atoms with Crippen molar-refractivity contribution < 1.29 is 4.79 Å². The third-order valence-electron chi connectivity index (χ3n) is 5.83. The van der Waals surface area contributed by atoms with Crippen molar-refractivity contribution in [1.29, 1.82) is 0 Å². The van der Waals surface area contributed by atoms with Crippen LogP contribution in [-0.4, -0.2) is 51.5 Å². The predicted octanol–water partition coefficient (Wildman–Crippen LogP) is 2.19. The molecule has 1 aliphatic carbocycles. The van der Waals surface area contributed by atoms with Gasteiger partial charge in [0.2, 0.25) is 5.91 Å². The van der Waals surface area contributed by atoms with Crippen LogP contribution in [0.2, 0.25) is 0 Å². The molecule has 2 aliphatic rings. The van der Waals surface area contributed by atoms with Gasteiger partial charge in [-0.25, -0.2) is 4.98 Å². The summed E-state index contributed by atoms with van der Waals surface area (Å²) in [6.07, 6.45) is 12.0. The van der Waals surface area contributed by atoms with Crippen LogP contribution >= 0.6 is 0 Å². The van der Waals surface area contributed by atoms with Gasteiger partial charge < -0.3 is 14.4 Å². The van der Waals surface area contributed by atoms with Gasteiger partial charge >= 0.3 is 0 Å². The van der Waals surface area contributed by atoms with Gasteiger partial charge in [0, 0.05) is 38.6 Å². The third kappa shape index (κ3) is 4.55. The molecule has 7 heteroatoms. The summed E-state index contributed by atoms with van der Waals surface area (Å²) >= 11 is 0. The number of allylic oxidation sites excluding steroid dienone is 2. The van der Waals surface area contributed by atoms with Crippen LogP contribution in [0, 0.1) is 5.92 Å². The minimum atomic E-state index is -0.235. The minimum absolute atomic E-state index is 0.0265. The maximum absolute atomic E-state index is 12.8. The van der Waals surface area contributed by atoms with Crippen LogP contribution in [0.15, 0.2) is 47.8 Å². The Kier molecular flexibility index (Phi) is 5.74. The first kappa shape index (κ1) is 19.4. The molecule has 0 saturated carbocycles. The lowest BCUT2D eigenvalue weighted by molar-refractivity contribution is -0.132. The maximum Gasteiger partial charge on any atom is 0.269 e. The van der Waals surface area contributed by atoms with Gasteiger partial charge in [-0.2, -0.15) is 0 Å². The van der Waals surface area contributed by atoms with E-state index in [9.17, 15) is 9.59 Å². The zero-order valence-corrected chi connectivity index (χ0v) is 16.8. The van der Waals surface area contributed by atoms with Crippen molar-refractivity contribution in [3.05, 3.63) is 59.0 Å². The molecule has 1 unspecified atom stereocenters. The molecule has 2 aromatic rings. The van der Waals surface area contributed by atoms with E-state index >= 15 is 0 Å². The summed E-state index contributed by atoms with van der Waals surface area (Å²) in [7, 11) is 0. The Balaban J connectivity index is 1.40. The molecule has 29 heavy (non-hydrogen) atoms. The number of hydrogen-bond donors (Lipinski definition) is 0. The second kappa shape index (κ2) is 8.59. The molecule has 1 fully saturated rings. The van der Waals surface area contributed by atoms with E-state index in [-0.39, 0.29) is 18.0 Å². The zero-order chi connectivity index (χ0) is 20.2. The highest BCUT2D eigenvalue weighted by atomic mass is 16.2. The molecule has 0 spiro atoms. The lowest BCUT2D eigenvalue weighted by Gasteiger charge is -2.36. The average Bonchev–Trinajstić information content (AvgIpc) is 2.76. The van der Waals surface area contributed by atoms with Crippen LogP contribution in [0.1, 0.15) is 31.9 Å². The second-order valence-electron chi connectivity index (χ2n) is 7.93. The fraction of sp³-hybridized carbons (Fsp3) is 0.455. The monoisotopic (exact) mass is 393 g/mol. The minimum Gasteiger partial charge on any atom is -0.367 e. The number of piperazine rings is 1. The van der Waals surface area contributed by atoms with E-state index in [0.717, 1.165) is 43.7 Å². The number of pyridine rings is 1. The Morgan fingerprint density at radius 2 is 2.03 bits per heavy atom. The molecule has 4 rings (SSSR count). The molecular formula is C22H27N5O2. The number of aromatic nitrogens is 3. The Bertz CT molecular complexity index is 945. The van der Waals surface area contributed by atoms with Crippen molar-refractivity contribution in [3.8, 4) is 0 Å². The van der Waals surface area contributed by atoms with Crippen LogP contribution in [-0.2, 0) is 11.3 Å². The maximum atomic E-state index is 12.8. The molecule has 1 saturated heterocycles. The molecule has 7 nitrogen and oxygen atoms in total. The Morgan fingerprint density at radius 3 is 2.72 bits per heavy atom. The van der Waals surface area contributed by atoms with E-state index in [1.165, 1.54) is 16.3 Å². The molecule has 2 aromatic heterocycles. The molecule has 1 amide bonds. The molecule has 0 bridgehead atoms. The van der Waals surface area contributed by atoms with Gasteiger partial charge in [0.05, 0.1) is 23.8 Å². The van der Waals surface area contributed by atoms with Crippen molar-refractivity contribution in [1.82, 2.24) is 19.4 Å². The highest BCUT2D eigenvalue weighted by Gasteiger charge is 2.22. The fourth-order valence-electron chi connectivity index (χ4n) is 3.93. The van der Waals surface area contributed by atoms with Crippen molar-refractivity contribution in [2.24, 2.45) is 5.92 Å². The molecule has 0 aromatic carbocycles. The van der Waals surface area contributed by atoms with Gasteiger partial charge in [0.25, 0.3) is 5.56 Å². The van der Waals surface area contributed by atoms with E-state index in [1.807, 2.05) is 23.2 Å². The van der Waals surface area contributed by atoms with Crippen molar-refractivity contribution in [2.75, 3.05) is 31.1 Å². The highest BCUT2D eigenvalue weighted by Crippen LogP contribution is 2.28. The average molecular weight is 393 g/mol. The lowest BCUT2D eigenvalue weighted by atomic mass is 9.90. The first-order valence-corrected chi connectivity index (χ1v) is 10.3. The summed E-state index contributed by atoms with van der Waals surface area (Å²) < 4.78 is 1.50. The number of rotatable bonds is 4. The van der Waals surface area contributed by atoms with Crippen molar-refractivity contribution in [3.63, 3.8) is 0 Å². The number of carbonyl (C=O) groups excluding carboxylic acids is 1. The molecule has 3 heterocycles. The fourth-order valence-corrected chi connectivity index (χ4v) is 3.93. The number of hydrogen-bond acceptors (Lipinski definition) is 5. The second-order valence-corrected chi connectivity index (χ2v) is 7.93. The van der Waals surface area contributed by atoms with Crippen LogP contribution in [0.5, 0.6) is 0 Å². The summed E-state index contributed by atoms with van der Waals surface area (Å²) in [5.74, 6) is 0.665. The SMILES string of the molecule is CC1CC=C(c2cn(CC(=O)N3CCN(c4cccnc4)CC3)c(=O)cn2)CC1. The summed E-state index contributed by atoms with van der Waals surface area (Å²) in [6, 6.07) is 3.95. The van der Waals surface area contributed by atoms with Crippen LogP contribution in [0.3, 0.4) is 0 Å². The predicted molar refractivity (Wildman–Crippen MR) is 113 cm³/mol. The van der Waals surface area contributed by atoms with Gasteiger partial charge in [-0.1, -0.05) is 13.0 Å². The Labute approximate surface area is 170 Å². The summed E-state index contributed by atoms with van der Waals surface area (Å²) in [4.78, 5) is 37.6. The van der Waals surface area contributed by atoms with Gasteiger partial charge in [-0.05, 0) is 42.9 Å². The van der Waals surface area contributed by atoms with Gasteiger partial charge in [-0.15, -0.1) is 0 Å². The van der Waals surface area contributed by atoms with E-state index in [1.54, 1.807) is 12.4 Å².